The average Bonchev–Trinajstić information content (AvgIpc) is 3.03. The van der Waals surface area contributed by atoms with E-state index in [0.717, 1.165) is 22.4 Å². The van der Waals surface area contributed by atoms with Crippen LogP contribution in [0.4, 0.5) is 19.0 Å². The lowest BCUT2D eigenvalue weighted by molar-refractivity contribution is -0.137. The molecule has 0 radical (unpaired) electrons. The molecule has 6 nitrogen and oxygen atoms in total. The number of hydrogen-bond acceptors (Lipinski definition) is 4. The lowest BCUT2D eigenvalue weighted by Crippen LogP contribution is -2.27. The van der Waals surface area contributed by atoms with Gasteiger partial charge in [-0.3, -0.25) is 4.79 Å². The predicted octanol–water partition coefficient (Wildman–Crippen LogP) is 2.84. The third kappa shape index (κ3) is 4.25. The third-order valence-electron chi connectivity index (χ3n) is 3.88. The summed E-state index contributed by atoms with van der Waals surface area (Å²) >= 11 is 0. The lowest BCUT2D eigenvalue weighted by atomic mass is 10.1. The lowest BCUT2D eigenvalue weighted by Gasteiger charge is -2.09. The number of nitrogens with two attached hydrogens (primary N) is 1. The van der Waals surface area contributed by atoms with Crippen LogP contribution in [0.3, 0.4) is 0 Å². The van der Waals surface area contributed by atoms with Gasteiger partial charge in [0, 0.05) is 6.54 Å². The van der Waals surface area contributed by atoms with Crippen LogP contribution in [0.5, 0.6) is 0 Å². The number of nitrogens with one attached hydrogen (secondary N) is 1. The van der Waals surface area contributed by atoms with Crippen molar-refractivity contribution in [1.82, 2.24) is 20.3 Å². The van der Waals surface area contributed by atoms with Crippen LogP contribution in [0.15, 0.2) is 54.6 Å². The summed E-state index contributed by atoms with van der Waals surface area (Å²) in [7, 11) is 0. The summed E-state index contributed by atoms with van der Waals surface area (Å²) in [6.45, 7) is 0.360. The van der Waals surface area contributed by atoms with Crippen molar-refractivity contribution in [2.45, 2.75) is 12.6 Å². The topological polar surface area (TPSA) is 85.8 Å². The van der Waals surface area contributed by atoms with Gasteiger partial charge in [0.15, 0.2) is 11.5 Å². The van der Waals surface area contributed by atoms with E-state index >= 15 is 0 Å². The van der Waals surface area contributed by atoms with Crippen LogP contribution < -0.4 is 11.1 Å². The second kappa shape index (κ2) is 7.48. The van der Waals surface area contributed by atoms with Gasteiger partial charge in [-0.15, -0.1) is 5.10 Å². The molecule has 1 aromatic heterocycles. The Morgan fingerprint density at radius 3 is 2.56 bits per heavy atom. The SMILES string of the molecule is Nc1c(C(=O)NCCc2ccccc2)nnn1-c1cccc(C(F)(F)F)c1. The smallest absolute Gasteiger partial charge is 0.382 e. The molecule has 0 aliphatic rings. The molecule has 0 aliphatic carbocycles. The van der Waals surface area contributed by atoms with Crippen molar-refractivity contribution >= 4 is 11.7 Å². The van der Waals surface area contributed by atoms with Gasteiger partial charge in [-0.1, -0.05) is 41.6 Å². The minimum absolute atomic E-state index is 0.0677. The zero-order valence-corrected chi connectivity index (χ0v) is 14.1. The van der Waals surface area contributed by atoms with Gasteiger partial charge in [-0.2, -0.15) is 17.9 Å². The summed E-state index contributed by atoms with van der Waals surface area (Å²) < 4.78 is 39.6. The molecule has 0 atom stereocenters. The van der Waals surface area contributed by atoms with E-state index in [2.05, 4.69) is 15.6 Å². The van der Waals surface area contributed by atoms with Crippen LogP contribution >= 0.6 is 0 Å². The summed E-state index contributed by atoms with van der Waals surface area (Å²) in [5, 5.41) is 10.1. The highest BCUT2D eigenvalue weighted by Crippen LogP contribution is 2.30. The van der Waals surface area contributed by atoms with Crippen molar-refractivity contribution in [1.29, 1.82) is 0 Å². The van der Waals surface area contributed by atoms with Crippen LogP contribution in [0.2, 0.25) is 0 Å². The van der Waals surface area contributed by atoms with Crippen LogP contribution in [0.25, 0.3) is 5.69 Å². The largest absolute Gasteiger partial charge is 0.416 e. The minimum Gasteiger partial charge on any atom is -0.382 e. The van der Waals surface area contributed by atoms with Crippen LogP contribution in [-0.2, 0) is 12.6 Å². The molecule has 3 rings (SSSR count). The van der Waals surface area contributed by atoms with E-state index in [9.17, 15) is 18.0 Å². The zero-order valence-electron chi connectivity index (χ0n) is 14.1. The fraction of sp³-hybridized carbons (Fsp3) is 0.167. The number of anilines is 1. The highest BCUT2D eigenvalue weighted by Gasteiger charge is 2.31. The van der Waals surface area contributed by atoms with Gasteiger partial charge in [0.1, 0.15) is 0 Å². The van der Waals surface area contributed by atoms with Gasteiger partial charge in [-0.25, -0.2) is 0 Å². The summed E-state index contributed by atoms with van der Waals surface area (Å²) in [5.41, 5.74) is 6.01. The molecule has 9 heteroatoms. The van der Waals surface area contributed by atoms with Gasteiger partial charge < -0.3 is 11.1 Å². The minimum atomic E-state index is -4.50. The van der Waals surface area contributed by atoms with Gasteiger partial charge >= 0.3 is 6.18 Å². The molecule has 3 N–H and O–H groups in total. The molecule has 2 aromatic carbocycles. The van der Waals surface area contributed by atoms with Crippen molar-refractivity contribution in [2.24, 2.45) is 0 Å². The molecular weight excluding hydrogens is 359 g/mol. The molecule has 0 unspecified atom stereocenters. The Morgan fingerprint density at radius 2 is 1.85 bits per heavy atom. The normalized spacial score (nSPS) is 11.4. The molecule has 0 spiro atoms. The maximum absolute atomic E-state index is 12.9. The molecule has 0 saturated carbocycles. The molecule has 0 aliphatic heterocycles. The number of nitrogen functional groups attached to an aromatic ring is 1. The van der Waals surface area contributed by atoms with E-state index in [-0.39, 0.29) is 17.2 Å². The Morgan fingerprint density at radius 1 is 1.11 bits per heavy atom. The number of halogens is 3. The Kier molecular flexibility index (Phi) is 5.11. The number of hydrogen-bond donors (Lipinski definition) is 2. The molecule has 1 heterocycles. The van der Waals surface area contributed by atoms with Crippen LogP contribution in [0.1, 0.15) is 21.6 Å². The fourth-order valence-electron chi connectivity index (χ4n) is 2.50. The first kappa shape index (κ1) is 18.4. The molecular formula is C18H16F3N5O. The average molecular weight is 375 g/mol. The van der Waals surface area contributed by atoms with Crippen LogP contribution in [-0.4, -0.2) is 27.4 Å². The summed E-state index contributed by atoms with van der Waals surface area (Å²) in [6.07, 6.45) is -3.88. The molecule has 3 aromatic rings. The molecule has 0 saturated heterocycles. The maximum atomic E-state index is 12.9. The highest BCUT2D eigenvalue weighted by molar-refractivity contribution is 5.96. The van der Waals surface area contributed by atoms with E-state index in [4.69, 9.17) is 5.73 Å². The first-order valence-electron chi connectivity index (χ1n) is 8.07. The second-order valence-corrected chi connectivity index (χ2v) is 5.77. The van der Waals surface area contributed by atoms with E-state index in [1.165, 1.54) is 12.1 Å². The van der Waals surface area contributed by atoms with Crippen LogP contribution in [0, 0.1) is 0 Å². The number of carbonyl (C=O) groups is 1. The predicted molar refractivity (Wildman–Crippen MR) is 93.3 cm³/mol. The number of carbonyl (C=O) groups excluding carboxylic acids is 1. The van der Waals surface area contributed by atoms with Gasteiger partial charge in [0.2, 0.25) is 0 Å². The Bertz CT molecular complexity index is 938. The Labute approximate surface area is 152 Å². The van der Waals surface area contributed by atoms with Crippen molar-refractivity contribution in [2.75, 3.05) is 12.3 Å². The maximum Gasteiger partial charge on any atom is 0.416 e. The third-order valence-corrected chi connectivity index (χ3v) is 3.88. The Hall–Kier alpha value is -3.36. The first-order valence-corrected chi connectivity index (χ1v) is 8.07. The van der Waals surface area contributed by atoms with Gasteiger partial charge in [0.05, 0.1) is 11.3 Å². The van der Waals surface area contributed by atoms with E-state index < -0.39 is 17.6 Å². The molecule has 1 amide bonds. The number of alkyl halides is 3. The van der Waals surface area contributed by atoms with E-state index in [1.807, 2.05) is 30.3 Å². The number of rotatable bonds is 5. The summed E-state index contributed by atoms with van der Waals surface area (Å²) in [4.78, 5) is 12.2. The molecule has 0 bridgehead atoms. The number of aromatic nitrogens is 3. The summed E-state index contributed by atoms with van der Waals surface area (Å²) in [5.74, 6) is -0.673. The van der Waals surface area contributed by atoms with Gasteiger partial charge in [-0.05, 0) is 30.2 Å². The second-order valence-electron chi connectivity index (χ2n) is 5.77. The zero-order chi connectivity index (χ0) is 19.4. The van der Waals surface area contributed by atoms with Crippen molar-refractivity contribution in [3.8, 4) is 5.69 Å². The number of nitrogens with zero attached hydrogens (tertiary/aromatic N) is 3. The fourth-order valence-corrected chi connectivity index (χ4v) is 2.50. The monoisotopic (exact) mass is 375 g/mol. The standard InChI is InChI=1S/C18H16F3N5O/c19-18(20,21)13-7-4-8-14(11-13)26-16(22)15(24-25-26)17(27)23-10-9-12-5-2-1-3-6-12/h1-8,11H,9-10,22H2,(H,23,27). The molecule has 0 fully saturated rings. The molecule has 140 valence electrons. The number of benzene rings is 2. The van der Waals surface area contributed by atoms with E-state index in [1.54, 1.807) is 0 Å². The van der Waals surface area contributed by atoms with Crippen molar-refractivity contribution in [3.63, 3.8) is 0 Å². The molecule has 27 heavy (non-hydrogen) atoms. The van der Waals surface area contributed by atoms with Crippen molar-refractivity contribution in [3.05, 3.63) is 71.4 Å². The van der Waals surface area contributed by atoms with Gasteiger partial charge in [0.25, 0.3) is 5.91 Å². The summed E-state index contributed by atoms with van der Waals surface area (Å²) in [6, 6.07) is 14.0. The quantitative estimate of drug-likeness (QED) is 0.718. The highest BCUT2D eigenvalue weighted by atomic mass is 19.4. The first-order chi connectivity index (χ1) is 12.9. The van der Waals surface area contributed by atoms with Crippen molar-refractivity contribution < 1.29 is 18.0 Å². The van der Waals surface area contributed by atoms with E-state index in [0.29, 0.717) is 13.0 Å². The number of amides is 1. The Balaban J connectivity index is 1.72.